The van der Waals surface area contributed by atoms with E-state index >= 15 is 0 Å². The molecule has 0 spiro atoms. The van der Waals surface area contributed by atoms with Gasteiger partial charge in [-0.2, -0.15) is 0 Å². The second-order valence-corrected chi connectivity index (χ2v) is 26.5. The van der Waals surface area contributed by atoms with Crippen LogP contribution in [0.25, 0.3) is 0 Å². The Morgan fingerprint density at radius 1 is 0.714 bits per heavy atom. The molecule has 0 atom stereocenters. The van der Waals surface area contributed by atoms with Gasteiger partial charge >= 0.3 is 140 Å². The predicted molar refractivity (Wildman–Crippen MR) is 100 cm³/mol. The molecular formula is C17H40Ge2O2. The zero-order valence-electron chi connectivity index (χ0n) is 16.0. The first-order valence-corrected chi connectivity index (χ1v) is 21.3. The molecule has 0 rings (SSSR count). The van der Waals surface area contributed by atoms with E-state index in [1.165, 1.54) is 35.0 Å². The molecule has 0 heterocycles. The molecule has 0 aromatic carbocycles. The van der Waals surface area contributed by atoms with Gasteiger partial charge in [-0.3, -0.25) is 0 Å². The fourth-order valence-electron chi connectivity index (χ4n) is 2.76. The molecule has 0 aromatic heterocycles. The minimum atomic E-state index is -2.09. The molecule has 0 N–H and O–H groups in total. The molecule has 0 radical (unpaired) electrons. The summed E-state index contributed by atoms with van der Waals surface area (Å²) >= 11 is -3.99. The van der Waals surface area contributed by atoms with E-state index in [0.717, 1.165) is 13.2 Å². The number of hydrogen-bond acceptors (Lipinski definition) is 2. The van der Waals surface area contributed by atoms with Crippen molar-refractivity contribution in [2.75, 3.05) is 13.2 Å². The summed E-state index contributed by atoms with van der Waals surface area (Å²) in [5, 5.41) is 4.11. The third-order valence-electron chi connectivity index (χ3n) is 3.78. The molecule has 0 aliphatic heterocycles. The van der Waals surface area contributed by atoms with E-state index in [-0.39, 0.29) is 5.41 Å². The van der Waals surface area contributed by atoms with Crippen molar-refractivity contribution < 1.29 is 7.53 Å². The Labute approximate surface area is 140 Å². The van der Waals surface area contributed by atoms with Crippen LogP contribution in [0, 0.1) is 5.41 Å². The summed E-state index contributed by atoms with van der Waals surface area (Å²) in [5.41, 5.74) is 0.157. The predicted octanol–water partition coefficient (Wildman–Crippen LogP) is 6.06. The zero-order valence-corrected chi connectivity index (χ0v) is 20.2. The van der Waals surface area contributed by atoms with Crippen molar-refractivity contribution in [3.63, 3.8) is 0 Å². The van der Waals surface area contributed by atoms with E-state index in [0.29, 0.717) is 0 Å². The van der Waals surface area contributed by atoms with E-state index in [2.05, 4.69) is 51.9 Å². The average molecular weight is 422 g/mol. The van der Waals surface area contributed by atoms with Gasteiger partial charge in [-0.25, -0.2) is 0 Å². The van der Waals surface area contributed by atoms with Crippen LogP contribution in [0.2, 0.25) is 33.0 Å². The van der Waals surface area contributed by atoms with Crippen molar-refractivity contribution in [2.45, 2.75) is 86.9 Å². The molecule has 128 valence electrons. The minimum absolute atomic E-state index is 0.157. The van der Waals surface area contributed by atoms with Gasteiger partial charge in [0.25, 0.3) is 0 Å². The topological polar surface area (TPSA) is 18.5 Å². The fourth-order valence-corrected chi connectivity index (χ4v) is 14.2. The Morgan fingerprint density at radius 3 is 1.43 bits per heavy atom. The SMILES string of the molecule is CC[CH2][Ge]([CH2]CC)([CH2]CC)[O]CC(C)(C)C[O][Ge]([CH3])([CH3])[CH3]. The average Bonchev–Trinajstić information content (AvgIpc) is 2.35. The van der Waals surface area contributed by atoms with E-state index in [1.54, 1.807) is 0 Å². The molecule has 0 fully saturated rings. The summed E-state index contributed by atoms with van der Waals surface area (Å²) in [6.45, 7) is 13.3. The second-order valence-electron chi connectivity index (χ2n) is 8.29. The van der Waals surface area contributed by atoms with Crippen molar-refractivity contribution in [1.82, 2.24) is 0 Å². The Bertz CT molecular complexity index is 255. The van der Waals surface area contributed by atoms with Crippen molar-refractivity contribution in [1.29, 1.82) is 0 Å². The van der Waals surface area contributed by atoms with Gasteiger partial charge in [-0.15, -0.1) is 0 Å². The maximum atomic E-state index is 6.71. The summed E-state index contributed by atoms with van der Waals surface area (Å²) in [7, 11) is 0. The first-order chi connectivity index (χ1) is 9.60. The molecule has 0 aliphatic rings. The van der Waals surface area contributed by atoms with Crippen LogP contribution in [0.5, 0.6) is 0 Å². The van der Waals surface area contributed by atoms with Crippen LogP contribution in [0.3, 0.4) is 0 Å². The third-order valence-corrected chi connectivity index (χ3v) is 16.4. The van der Waals surface area contributed by atoms with Crippen LogP contribution >= 0.6 is 0 Å². The summed E-state index contributed by atoms with van der Waals surface area (Å²) in [4.78, 5) is 0. The number of rotatable bonds is 12. The van der Waals surface area contributed by atoms with Gasteiger partial charge < -0.3 is 0 Å². The summed E-state index contributed by atoms with van der Waals surface area (Å²) in [6, 6.07) is 0. The summed E-state index contributed by atoms with van der Waals surface area (Å²) < 4.78 is 12.9. The first-order valence-electron chi connectivity index (χ1n) is 8.87. The molecule has 21 heavy (non-hydrogen) atoms. The van der Waals surface area contributed by atoms with E-state index in [9.17, 15) is 0 Å². The van der Waals surface area contributed by atoms with Crippen LogP contribution in [0.15, 0.2) is 0 Å². The standard InChI is InChI=1S/C17H40Ge2O2/c1-9-12-19(13-10-2,14-11-3)21-16-17(4,5)15-20-18(6,7)8/h9-16H2,1-8H3. The van der Waals surface area contributed by atoms with Crippen LogP contribution in [-0.2, 0) is 7.53 Å². The molecule has 0 aliphatic carbocycles. The molecule has 0 saturated carbocycles. The zero-order chi connectivity index (χ0) is 16.6. The Hall–Kier alpha value is 1.01. The number of hydrogen-bond donors (Lipinski definition) is 0. The van der Waals surface area contributed by atoms with Crippen molar-refractivity contribution in [3.8, 4) is 0 Å². The molecule has 0 unspecified atom stereocenters. The van der Waals surface area contributed by atoms with Gasteiger partial charge in [0.2, 0.25) is 0 Å². The molecule has 0 saturated heterocycles. The molecule has 0 bridgehead atoms. The molecular weight excluding hydrogens is 381 g/mol. The molecule has 0 amide bonds. The van der Waals surface area contributed by atoms with Gasteiger partial charge in [0, 0.05) is 0 Å². The fraction of sp³-hybridized carbons (Fsp3) is 1.00. The Kier molecular flexibility index (Phi) is 10.5. The quantitative estimate of drug-likeness (QED) is 0.357. The van der Waals surface area contributed by atoms with E-state index in [1.807, 2.05) is 0 Å². The monoisotopic (exact) mass is 424 g/mol. The van der Waals surface area contributed by atoms with Crippen molar-refractivity contribution in [2.24, 2.45) is 5.41 Å². The normalized spacial score (nSPS) is 13.7. The Morgan fingerprint density at radius 2 is 1.10 bits per heavy atom. The van der Waals surface area contributed by atoms with Crippen LogP contribution in [0.1, 0.15) is 53.9 Å². The van der Waals surface area contributed by atoms with Gasteiger partial charge in [-0.1, -0.05) is 0 Å². The van der Waals surface area contributed by atoms with Crippen molar-refractivity contribution in [3.05, 3.63) is 0 Å². The van der Waals surface area contributed by atoms with Gasteiger partial charge in [0.05, 0.1) is 0 Å². The van der Waals surface area contributed by atoms with Gasteiger partial charge in [0.1, 0.15) is 0 Å². The van der Waals surface area contributed by atoms with E-state index in [4.69, 9.17) is 7.53 Å². The summed E-state index contributed by atoms with van der Waals surface area (Å²) in [5.74, 6) is 6.93. The van der Waals surface area contributed by atoms with E-state index < -0.39 is 27.2 Å². The molecule has 2 nitrogen and oxygen atoms in total. The molecule has 4 heteroatoms. The van der Waals surface area contributed by atoms with Crippen LogP contribution < -0.4 is 0 Å². The van der Waals surface area contributed by atoms with Crippen molar-refractivity contribution >= 4 is 27.2 Å². The first kappa shape index (κ1) is 22.0. The molecule has 0 aromatic rings. The second kappa shape index (κ2) is 9.99. The third kappa shape index (κ3) is 10.4. The summed E-state index contributed by atoms with van der Waals surface area (Å²) in [6.07, 6.45) is 3.86. The van der Waals surface area contributed by atoms with Gasteiger partial charge in [-0.05, 0) is 0 Å². The maximum absolute atomic E-state index is 6.71. The van der Waals surface area contributed by atoms with Crippen LogP contribution in [-0.4, -0.2) is 40.4 Å². The Balaban J connectivity index is 4.62. The van der Waals surface area contributed by atoms with Crippen LogP contribution in [0.4, 0.5) is 0 Å². The van der Waals surface area contributed by atoms with Gasteiger partial charge in [0.15, 0.2) is 0 Å².